The normalized spacial score (nSPS) is 26.3. The minimum absolute atomic E-state index is 0.109. The van der Waals surface area contributed by atoms with Gasteiger partial charge in [0.15, 0.2) is 0 Å². The minimum Gasteiger partial charge on any atom is -0.358 e. The topological polar surface area (TPSA) is 32.3 Å². The van der Waals surface area contributed by atoms with E-state index in [0.29, 0.717) is 0 Å². The number of nitrogens with zero attached hydrogens (tertiary/aromatic N) is 1. The first-order valence-electron chi connectivity index (χ1n) is 4.67. The summed E-state index contributed by atoms with van der Waals surface area (Å²) in [5.41, 5.74) is 0. The fraction of sp³-hybridized carbons (Fsp3) is 0.889. The highest BCUT2D eigenvalue weighted by Crippen LogP contribution is 2.14. The molecule has 0 radical (unpaired) electrons. The van der Waals surface area contributed by atoms with Gasteiger partial charge in [0, 0.05) is 7.05 Å². The third-order valence-corrected chi connectivity index (χ3v) is 2.57. The van der Waals surface area contributed by atoms with Gasteiger partial charge < -0.3 is 5.32 Å². The molecule has 1 unspecified atom stereocenters. The first-order valence-corrected chi connectivity index (χ1v) is 4.67. The number of amides is 1. The number of hydrogen-bond acceptors (Lipinski definition) is 2. The lowest BCUT2D eigenvalue weighted by molar-refractivity contribution is -0.125. The maximum absolute atomic E-state index is 11.4. The highest BCUT2D eigenvalue weighted by atomic mass is 16.2. The van der Waals surface area contributed by atoms with Gasteiger partial charge >= 0.3 is 0 Å². The standard InChI is InChI=1S/C9H18N2O/c1-10-9(12)8-6-4-3-5-7-11(8)2/h8H,3-7H2,1-2H3,(H,10,12). The Morgan fingerprint density at radius 3 is 2.83 bits per heavy atom. The summed E-state index contributed by atoms with van der Waals surface area (Å²) in [7, 11) is 3.74. The molecule has 1 heterocycles. The van der Waals surface area contributed by atoms with Crippen LogP contribution in [-0.4, -0.2) is 37.5 Å². The van der Waals surface area contributed by atoms with Crippen molar-refractivity contribution in [3.63, 3.8) is 0 Å². The van der Waals surface area contributed by atoms with Crippen molar-refractivity contribution in [1.29, 1.82) is 0 Å². The van der Waals surface area contributed by atoms with Crippen LogP contribution < -0.4 is 5.32 Å². The van der Waals surface area contributed by atoms with E-state index in [-0.39, 0.29) is 11.9 Å². The fourth-order valence-electron chi connectivity index (χ4n) is 1.75. The lowest BCUT2D eigenvalue weighted by Crippen LogP contribution is -2.43. The molecule has 1 N–H and O–H groups in total. The molecule has 3 heteroatoms. The van der Waals surface area contributed by atoms with Crippen LogP contribution >= 0.6 is 0 Å². The van der Waals surface area contributed by atoms with Crippen LogP contribution in [0, 0.1) is 0 Å². The largest absolute Gasteiger partial charge is 0.358 e. The smallest absolute Gasteiger partial charge is 0.237 e. The van der Waals surface area contributed by atoms with E-state index in [1.54, 1.807) is 7.05 Å². The molecular weight excluding hydrogens is 152 g/mol. The van der Waals surface area contributed by atoms with Crippen LogP contribution in [0.4, 0.5) is 0 Å². The monoisotopic (exact) mass is 170 g/mol. The second-order valence-corrected chi connectivity index (χ2v) is 3.46. The zero-order valence-electron chi connectivity index (χ0n) is 7.97. The quantitative estimate of drug-likeness (QED) is 0.625. The van der Waals surface area contributed by atoms with E-state index in [1.165, 1.54) is 19.3 Å². The number of nitrogens with one attached hydrogen (secondary N) is 1. The molecule has 1 fully saturated rings. The Bertz CT molecular complexity index is 159. The Hall–Kier alpha value is -0.570. The van der Waals surface area contributed by atoms with Crippen LogP contribution in [0.2, 0.25) is 0 Å². The summed E-state index contributed by atoms with van der Waals surface area (Å²) in [4.78, 5) is 13.5. The van der Waals surface area contributed by atoms with E-state index in [9.17, 15) is 4.79 Å². The molecule has 1 saturated heterocycles. The van der Waals surface area contributed by atoms with Gasteiger partial charge in [-0.05, 0) is 26.4 Å². The molecule has 3 nitrogen and oxygen atoms in total. The van der Waals surface area contributed by atoms with Crippen molar-refractivity contribution in [2.45, 2.75) is 31.7 Å². The van der Waals surface area contributed by atoms with Crippen molar-refractivity contribution in [2.24, 2.45) is 0 Å². The Kier molecular flexibility index (Phi) is 3.53. The molecule has 0 aromatic heterocycles. The van der Waals surface area contributed by atoms with Gasteiger partial charge in [-0.3, -0.25) is 9.69 Å². The first-order chi connectivity index (χ1) is 5.75. The maximum atomic E-state index is 11.4. The Morgan fingerprint density at radius 1 is 1.42 bits per heavy atom. The van der Waals surface area contributed by atoms with Crippen LogP contribution in [-0.2, 0) is 4.79 Å². The van der Waals surface area contributed by atoms with Gasteiger partial charge in [-0.25, -0.2) is 0 Å². The van der Waals surface area contributed by atoms with Gasteiger partial charge in [0.25, 0.3) is 0 Å². The number of likely N-dealkylation sites (N-methyl/N-ethyl adjacent to an activating group) is 2. The second kappa shape index (κ2) is 4.45. The zero-order valence-corrected chi connectivity index (χ0v) is 7.97. The van der Waals surface area contributed by atoms with E-state index in [1.807, 2.05) is 7.05 Å². The van der Waals surface area contributed by atoms with Crippen LogP contribution in [0.15, 0.2) is 0 Å². The molecule has 0 bridgehead atoms. The molecule has 0 aromatic carbocycles. The van der Waals surface area contributed by atoms with Crippen LogP contribution in [0.1, 0.15) is 25.7 Å². The molecule has 1 atom stereocenters. The van der Waals surface area contributed by atoms with E-state index in [0.717, 1.165) is 13.0 Å². The van der Waals surface area contributed by atoms with E-state index < -0.39 is 0 Å². The predicted octanol–water partition coefficient (Wildman–Crippen LogP) is 0.607. The summed E-state index contributed by atoms with van der Waals surface area (Å²) in [6, 6.07) is 0.109. The number of likely N-dealkylation sites (tertiary alicyclic amines) is 1. The predicted molar refractivity (Wildman–Crippen MR) is 49.0 cm³/mol. The fourth-order valence-corrected chi connectivity index (χ4v) is 1.75. The number of carbonyl (C=O) groups excluding carboxylic acids is 1. The van der Waals surface area contributed by atoms with Gasteiger partial charge in [-0.15, -0.1) is 0 Å². The summed E-state index contributed by atoms with van der Waals surface area (Å²) in [6.07, 6.45) is 4.68. The molecular formula is C9H18N2O. The SMILES string of the molecule is CNC(=O)C1CCCCCN1C. The highest BCUT2D eigenvalue weighted by molar-refractivity contribution is 5.81. The Labute approximate surface area is 74.1 Å². The van der Waals surface area contributed by atoms with Crippen molar-refractivity contribution in [1.82, 2.24) is 10.2 Å². The van der Waals surface area contributed by atoms with Crippen molar-refractivity contribution in [2.75, 3.05) is 20.6 Å². The molecule has 0 aromatic rings. The van der Waals surface area contributed by atoms with E-state index >= 15 is 0 Å². The molecule has 0 spiro atoms. The van der Waals surface area contributed by atoms with Gasteiger partial charge in [0.2, 0.25) is 5.91 Å². The van der Waals surface area contributed by atoms with Crippen molar-refractivity contribution >= 4 is 5.91 Å². The van der Waals surface area contributed by atoms with Gasteiger partial charge in [-0.2, -0.15) is 0 Å². The van der Waals surface area contributed by atoms with Gasteiger partial charge in [0.1, 0.15) is 0 Å². The molecule has 0 aliphatic carbocycles. The lowest BCUT2D eigenvalue weighted by atomic mass is 10.1. The summed E-state index contributed by atoms with van der Waals surface area (Å²) < 4.78 is 0. The summed E-state index contributed by atoms with van der Waals surface area (Å²) >= 11 is 0. The molecule has 1 rings (SSSR count). The van der Waals surface area contributed by atoms with Crippen LogP contribution in [0.25, 0.3) is 0 Å². The third kappa shape index (κ3) is 2.21. The zero-order chi connectivity index (χ0) is 8.97. The second-order valence-electron chi connectivity index (χ2n) is 3.46. The molecule has 1 aliphatic heterocycles. The van der Waals surface area contributed by atoms with Crippen molar-refractivity contribution in [3.05, 3.63) is 0 Å². The molecule has 0 saturated carbocycles. The molecule has 70 valence electrons. The number of rotatable bonds is 1. The average molecular weight is 170 g/mol. The number of hydrogen-bond donors (Lipinski definition) is 1. The van der Waals surface area contributed by atoms with Crippen molar-refractivity contribution < 1.29 is 4.79 Å². The summed E-state index contributed by atoms with van der Waals surface area (Å²) in [5.74, 6) is 0.166. The minimum atomic E-state index is 0.109. The lowest BCUT2D eigenvalue weighted by Gasteiger charge is -2.23. The highest BCUT2D eigenvalue weighted by Gasteiger charge is 2.23. The van der Waals surface area contributed by atoms with Crippen LogP contribution in [0.5, 0.6) is 0 Å². The van der Waals surface area contributed by atoms with Gasteiger partial charge in [0.05, 0.1) is 6.04 Å². The Balaban J connectivity index is 2.52. The first kappa shape index (κ1) is 9.52. The van der Waals surface area contributed by atoms with E-state index in [2.05, 4.69) is 10.2 Å². The van der Waals surface area contributed by atoms with E-state index in [4.69, 9.17) is 0 Å². The molecule has 1 amide bonds. The van der Waals surface area contributed by atoms with Crippen molar-refractivity contribution in [3.8, 4) is 0 Å². The average Bonchev–Trinajstić information content (AvgIpc) is 2.28. The molecule has 12 heavy (non-hydrogen) atoms. The third-order valence-electron chi connectivity index (χ3n) is 2.57. The molecule has 1 aliphatic rings. The van der Waals surface area contributed by atoms with Crippen LogP contribution in [0.3, 0.4) is 0 Å². The Morgan fingerprint density at radius 2 is 2.17 bits per heavy atom. The maximum Gasteiger partial charge on any atom is 0.237 e. The summed E-state index contributed by atoms with van der Waals surface area (Å²) in [5, 5.41) is 2.71. The number of carbonyl (C=O) groups is 1. The van der Waals surface area contributed by atoms with Gasteiger partial charge in [-0.1, -0.05) is 12.8 Å². The summed E-state index contributed by atoms with van der Waals surface area (Å²) in [6.45, 7) is 1.05.